The molecule has 4 heteroatoms. The van der Waals surface area contributed by atoms with Crippen molar-refractivity contribution in [3.63, 3.8) is 0 Å². The van der Waals surface area contributed by atoms with Crippen molar-refractivity contribution in [3.05, 3.63) is 59.9 Å². The lowest BCUT2D eigenvalue weighted by Gasteiger charge is -2.38. The van der Waals surface area contributed by atoms with E-state index in [4.69, 9.17) is 0 Å². The molecule has 0 atom stereocenters. The predicted molar refractivity (Wildman–Crippen MR) is 101 cm³/mol. The fourth-order valence-electron chi connectivity index (χ4n) is 3.49. The third kappa shape index (κ3) is 4.45. The van der Waals surface area contributed by atoms with Gasteiger partial charge in [-0.15, -0.1) is 0 Å². The predicted octanol–water partition coefficient (Wildman–Crippen LogP) is 3.80. The van der Waals surface area contributed by atoms with E-state index in [0.717, 1.165) is 43.9 Å². The first-order valence-electron chi connectivity index (χ1n) is 9.18. The van der Waals surface area contributed by atoms with Crippen LogP contribution in [0.25, 0.3) is 0 Å². The van der Waals surface area contributed by atoms with Crippen LogP contribution in [0.2, 0.25) is 0 Å². The van der Waals surface area contributed by atoms with Crippen LogP contribution in [0.15, 0.2) is 48.7 Å². The summed E-state index contributed by atoms with van der Waals surface area (Å²) in [7, 11) is 0. The summed E-state index contributed by atoms with van der Waals surface area (Å²) in [6.07, 6.45) is 4.40. The molecule has 2 aromatic rings. The van der Waals surface area contributed by atoms with Crippen molar-refractivity contribution in [2.45, 2.75) is 45.7 Å². The van der Waals surface area contributed by atoms with Gasteiger partial charge in [0.05, 0.1) is 5.69 Å². The van der Waals surface area contributed by atoms with E-state index in [2.05, 4.69) is 47.1 Å². The van der Waals surface area contributed by atoms with Crippen molar-refractivity contribution < 1.29 is 4.79 Å². The lowest BCUT2D eigenvalue weighted by Crippen LogP contribution is -2.47. The van der Waals surface area contributed by atoms with Crippen LogP contribution in [0.5, 0.6) is 0 Å². The summed E-state index contributed by atoms with van der Waals surface area (Å²) >= 11 is 0. The maximum atomic E-state index is 12.6. The second-order valence-corrected chi connectivity index (χ2v) is 6.78. The zero-order valence-corrected chi connectivity index (χ0v) is 15.2. The van der Waals surface area contributed by atoms with E-state index in [1.165, 1.54) is 5.56 Å². The van der Waals surface area contributed by atoms with Crippen molar-refractivity contribution in [2.24, 2.45) is 0 Å². The van der Waals surface area contributed by atoms with E-state index in [1.807, 2.05) is 30.2 Å². The van der Waals surface area contributed by atoms with Gasteiger partial charge in [0, 0.05) is 44.0 Å². The summed E-state index contributed by atoms with van der Waals surface area (Å²) in [4.78, 5) is 21.4. The molecule has 0 saturated carbocycles. The Bertz CT molecular complexity index is 676. The molecule has 0 aliphatic carbocycles. The van der Waals surface area contributed by atoms with Gasteiger partial charge in [0.2, 0.25) is 5.91 Å². The van der Waals surface area contributed by atoms with E-state index < -0.39 is 0 Å². The van der Waals surface area contributed by atoms with Gasteiger partial charge in [0.15, 0.2) is 0 Å². The second kappa shape index (κ2) is 8.26. The average molecular weight is 337 g/mol. The number of likely N-dealkylation sites (tertiary alicyclic amines) is 1. The van der Waals surface area contributed by atoms with Crippen LogP contribution in [-0.2, 0) is 11.3 Å². The number of carbonyl (C=O) groups excluding carboxylic acids is 1. The largest absolute Gasteiger partial charge is 0.309 e. The van der Waals surface area contributed by atoms with Gasteiger partial charge in [-0.05, 0) is 44.0 Å². The quantitative estimate of drug-likeness (QED) is 0.833. The SMILES string of the molecule is CCC(=O)N(c1ccc(C)cc1)C1CCN(Cc2ccccn2)CC1. The Labute approximate surface area is 150 Å². The Morgan fingerprint density at radius 3 is 2.48 bits per heavy atom. The summed E-state index contributed by atoms with van der Waals surface area (Å²) in [6, 6.07) is 14.7. The van der Waals surface area contributed by atoms with Crippen LogP contribution in [0.1, 0.15) is 37.4 Å². The van der Waals surface area contributed by atoms with E-state index in [1.54, 1.807) is 0 Å². The smallest absolute Gasteiger partial charge is 0.226 e. The maximum Gasteiger partial charge on any atom is 0.226 e. The van der Waals surface area contributed by atoms with Gasteiger partial charge in [-0.3, -0.25) is 14.7 Å². The number of amides is 1. The number of aromatic nitrogens is 1. The van der Waals surface area contributed by atoms with E-state index in [9.17, 15) is 4.79 Å². The summed E-state index contributed by atoms with van der Waals surface area (Å²) in [6.45, 7) is 6.91. The molecule has 0 spiro atoms. The van der Waals surface area contributed by atoms with Crippen LogP contribution in [-0.4, -0.2) is 34.9 Å². The highest BCUT2D eigenvalue weighted by atomic mass is 16.2. The van der Waals surface area contributed by atoms with Gasteiger partial charge in [-0.25, -0.2) is 0 Å². The topological polar surface area (TPSA) is 36.4 Å². The van der Waals surface area contributed by atoms with Crippen molar-refractivity contribution >= 4 is 11.6 Å². The lowest BCUT2D eigenvalue weighted by molar-refractivity contribution is -0.119. The minimum Gasteiger partial charge on any atom is -0.309 e. The van der Waals surface area contributed by atoms with Gasteiger partial charge in [-0.2, -0.15) is 0 Å². The first-order valence-corrected chi connectivity index (χ1v) is 9.18. The van der Waals surface area contributed by atoms with Crippen molar-refractivity contribution in [2.75, 3.05) is 18.0 Å². The van der Waals surface area contributed by atoms with Gasteiger partial charge in [-0.1, -0.05) is 30.7 Å². The Morgan fingerprint density at radius 1 is 1.16 bits per heavy atom. The van der Waals surface area contributed by atoms with Crippen LogP contribution in [0, 0.1) is 6.92 Å². The van der Waals surface area contributed by atoms with E-state index in [0.29, 0.717) is 6.42 Å². The second-order valence-electron chi connectivity index (χ2n) is 6.78. The molecule has 1 fully saturated rings. The minimum atomic E-state index is 0.215. The number of carbonyl (C=O) groups is 1. The zero-order chi connectivity index (χ0) is 17.6. The van der Waals surface area contributed by atoms with Crippen molar-refractivity contribution in [3.8, 4) is 0 Å². The van der Waals surface area contributed by atoms with Crippen molar-refractivity contribution in [1.29, 1.82) is 0 Å². The molecule has 1 saturated heterocycles. The Hall–Kier alpha value is -2.20. The molecule has 1 aromatic carbocycles. The number of hydrogen-bond donors (Lipinski definition) is 0. The standard InChI is InChI=1S/C21H27N3O/c1-3-21(25)24(19-9-7-17(2)8-10-19)20-11-14-23(15-12-20)16-18-6-4-5-13-22-18/h4-10,13,20H,3,11-12,14-16H2,1-2H3. The summed E-state index contributed by atoms with van der Waals surface area (Å²) in [5, 5.41) is 0. The van der Waals surface area contributed by atoms with Gasteiger partial charge in [0.25, 0.3) is 0 Å². The molecule has 1 amide bonds. The lowest BCUT2D eigenvalue weighted by atomic mass is 10.0. The Morgan fingerprint density at radius 2 is 1.88 bits per heavy atom. The maximum absolute atomic E-state index is 12.6. The molecule has 0 bridgehead atoms. The molecular weight excluding hydrogens is 310 g/mol. The number of piperidine rings is 1. The molecular formula is C21H27N3O. The first kappa shape index (κ1) is 17.6. The molecule has 0 N–H and O–H groups in total. The van der Waals surface area contributed by atoms with Crippen LogP contribution in [0.3, 0.4) is 0 Å². The molecule has 1 aliphatic rings. The first-order chi connectivity index (χ1) is 12.2. The van der Waals surface area contributed by atoms with Crippen LogP contribution >= 0.6 is 0 Å². The third-order valence-electron chi connectivity index (χ3n) is 4.92. The monoisotopic (exact) mass is 337 g/mol. The van der Waals surface area contributed by atoms with E-state index in [-0.39, 0.29) is 11.9 Å². The van der Waals surface area contributed by atoms with E-state index >= 15 is 0 Å². The number of aryl methyl sites for hydroxylation is 1. The van der Waals surface area contributed by atoms with Gasteiger partial charge >= 0.3 is 0 Å². The molecule has 1 aliphatic heterocycles. The average Bonchev–Trinajstić information content (AvgIpc) is 2.65. The molecule has 4 nitrogen and oxygen atoms in total. The van der Waals surface area contributed by atoms with Gasteiger partial charge < -0.3 is 4.90 Å². The molecule has 0 unspecified atom stereocenters. The summed E-state index contributed by atoms with van der Waals surface area (Å²) in [5.41, 5.74) is 3.36. The summed E-state index contributed by atoms with van der Waals surface area (Å²) < 4.78 is 0. The fraction of sp³-hybridized carbons (Fsp3) is 0.429. The molecule has 25 heavy (non-hydrogen) atoms. The highest BCUT2D eigenvalue weighted by molar-refractivity contribution is 5.93. The number of hydrogen-bond acceptors (Lipinski definition) is 3. The zero-order valence-electron chi connectivity index (χ0n) is 15.2. The normalized spacial score (nSPS) is 15.9. The molecule has 2 heterocycles. The van der Waals surface area contributed by atoms with Crippen LogP contribution < -0.4 is 4.90 Å². The highest BCUT2D eigenvalue weighted by Crippen LogP contribution is 2.25. The number of pyridine rings is 1. The minimum absolute atomic E-state index is 0.215. The number of benzene rings is 1. The number of nitrogens with zero attached hydrogens (tertiary/aromatic N) is 3. The van der Waals surface area contributed by atoms with Gasteiger partial charge in [0.1, 0.15) is 0 Å². The Balaban J connectivity index is 1.66. The molecule has 1 aromatic heterocycles. The molecule has 0 radical (unpaired) electrons. The number of rotatable bonds is 5. The highest BCUT2D eigenvalue weighted by Gasteiger charge is 2.28. The summed E-state index contributed by atoms with van der Waals surface area (Å²) in [5.74, 6) is 0.215. The van der Waals surface area contributed by atoms with Crippen molar-refractivity contribution in [1.82, 2.24) is 9.88 Å². The molecule has 132 valence electrons. The molecule has 3 rings (SSSR count). The van der Waals surface area contributed by atoms with Crippen LogP contribution in [0.4, 0.5) is 5.69 Å². The Kier molecular flexibility index (Phi) is 5.82. The third-order valence-corrected chi connectivity index (χ3v) is 4.92. The number of anilines is 1. The fourth-order valence-corrected chi connectivity index (χ4v) is 3.49.